The average Bonchev–Trinajstić information content (AvgIpc) is 2.76. The lowest BCUT2D eigenvalue weighted by molar-refractivity contribution is 0.184. The molecule has 1 N–H and O–H groups in total. The molecule has 1 heterocycles. The minimum absolute atomic E-state index is 0.00671. The van der Waals surface area contributed by atoms with E-state index in [-0.39, 0.29) is 5.41 Å². The Balaban J connectivity index is 2.16. The maximum atomic E-state index is 5.35. The summed E-state index contributed by atoms with van der Waals surface area (Å²) in [7, 11) is 0. The molecule has 1 aromatic heterocycles. The Morgan fingerprint density at radius 1 is 1.50 bits per heavy atom. The van der Waals surface area contributed by atoms with Crippen molar-refractivity contribution in [2.45, 2.75) is 38.6 Å². The van der Waals surface area contributed by atoms with Crippen LogP contribution in [-0.4, -0.2) is 14.8 Å². The molecule has 3 rings (SSSR count). The Hall–Kier alpha value is -0.940. The highest BCUT2D eigenvalue weighted by molar-refractivity contribution is 9.10. The van der Waals surface area contributed by atoms with Crippen LogP contribution in [0.2, 0.25) is 0 Å². The Morgan fingerprint density at radius 2 is 2.25 bits per heavy atom. The summed E-state index contributed by atoms with van der Waals surface area (Å²) >= 11 is 8.93. The van der Waals surface area contributed by atoms with E-state index in [9.17, 15) is 0 Å². The van der Waals surface area contributed by atoms with Gasteiger partial charge >= 0.3 is 0 Å². The SMILES string of the molecule is CCn1c(C2(c3cccc(Br)c3)CC(C)C2)n[nH]c1=S. The number of rotatable bonds is 3. The van der Waals surface area contributed by atoms with E-state index < -0.39 is 0 Å². The van der Waals surface area contributed by atoms with Crippen LogP contribution in [0.5, 0.6) is 0 Å². The van der Waals surface area contributed by atoms with E-state index in [1.165, 1.54) is 5.56 Å². The van der Waals surface area contributed by atoms with E-state index in [1.807, 2.05) is 0 Å². The van der Waals surface area contributed by atoms with E-state index in [2.05, 4.69) is 68.8 Å². The first-order valence-electron chi connectivity index (χ1n) is 6.98. The Labute approximate surface area is 132 Å². The molecule has 3 nitrogen and oxygen atoms in total. The molecule has 1 fully saturated rings. The summed E-state index contributed by atoms with van der Waals surface area (Å²) in [6.45, 7) is 5.27. The number of nitrogens with one attached hydrogen (secondary N) is 1. The maximum absolute atomic E-state index is 5.35. The molecule has 5 heteroatoms. The molecular weight excluding hydrogens is 334 g/mol. The van der Waals surface area contributed by atoms with Gasteiger partial charge in [0.05, 0.1) is 5.41 Å². The lowest BCUT2D eigenvalue weighted by atomic mass is 9.58. The Morgan fingerprint density at radius 3 is 2.85 bits per heavy atom. The molecule has 1 aromatic carbocycles. The first-order chi connectivity index (χ1) is 9.56. The van der Waals surface area contributed by atoms with Crippen molar-refractivity contribution in [1.82, 2.24) is 14.8 Å². The molecule has 1 aliphatic rings. The summed E-state index contributed by atoms with van der Waals surface area (Å²) in [4.78, 5) is 0. The zero-order valence-corrected chi connectivity index (χ0v) is 14.1. The fourth-order valence-corrected chi connectivity index (χ4v) is 4.10. The molecule has 0 spiro atoms. The fraction of sp³-hybridized carbons (Fsp3) is 0.467. The predicted octanol–water partition coefficient (Wildman–Crippen LogP) is 4.44. The number of hydrogen-bond acceptors (Lipinski definition) is 2. The van der Waals surface area contributed by atoms with Gasteiger partial charge in [0, 0.05) is 11.0 Å². The highest BCUT2D eigenvalue weighted by atomic mass is 79.9. The number of halogens is 1. The number of benzene rings is 1. The van der Waals surface area contributed by atoms with Gasteiger partial charge in [0.2, 0.25) is 0 Å². The Kier molecular flexibility index (Phi) is 3.58. The topological polar surface area (TPSA) is 33.6 Å². The van der Waals surface area contributed by atoms with Crippen LogP contribution in [0.1, 0.15) is 38.1 Å². The zero-order valence-electron chi connectivity index (χ0n) is 11.7. The molecule has 2 aromatic rings. The molecule has 1 saturated carbocycles. The fourth-order valence-electron chi connectivity index (χ4n) is 3.44. The van der Waals surface area contributed by atoms with Crippen molar-refractivity contribution < 1.29 is 0 Å². The van der Waals surface area contributed by atoms with Crippen LogP contribution in [0.25, 0.3) is 0 Å². The lowest BCUT2D eigenvalue weighted by Crippen LogP contribution is -2.43. The summed E-state index contributed by atoms with van der Waals surface area (Å²) in [6, 6.07) is 8.58. The van der Waals surface area contributed by atoms with Crippen molar-refractivity contribution in [3.8, 4) is 0 Å². The van der Waals surface area contributed by atoms with Gasteiger partial charge in [-0.15, -0.1) is 0 Å². The summed E-state index contributed by atoms with van der Waals surface area (Å²) in [6.07, 6.45) is 2.26. The van der Waals surface area contributed by atoms with E-state index in [0.29, 0.717) is 0 Å². The van der Waals surface area contributed by atoms with Crippen LogP contribution in [0.3, 0.4) is 0 Å². The summed E-state index contributed by atoms with van der Waals surface area (Å²) in [5, 5.41) is 7.52. The third-order valence-corrected chi connectivity index (χ3v) is 5.08. The third-order valence-electron chi connectivity index (χ3n) is 4.27. The minimum Gasteiger partial charge on any atom is -0.304 e. The van der Waals surface area contributed by atoms with Crippen molar-refractivity contribution in [2.75, 3.05) is 0 Å². The van der Waals surface area contributed by atoms with Crippen molar-refractivity contribution >= 4 is 28.1 Å². The molecule has 106 valence electrons. The number of hydrogen-bond donors (Lipinski definition) is 1. The zero-order chi connectivity index (χ0) is 14.3. The van der Waals surface area contributed by atoms with Gasteiger partial charge < -0.3 is 4.57 Å². The molecule has 0 amide bonds. The van der Waals surface area contributed by atoms with Crippen molar-refractivity contribution in [2.24, 2.45) is 5.92 Å². The third kappa shape index (κ3) is 2.07. The lowest BCUT2D eigenvalue weighted by Gasteiger charge is -2.46. The van der Waals surface area contributed by atoms with Crippen molar-refractivity contribution in [3.63, 3.8) is 0 Å². The Bertz CT molecular complexity index is 682. The standard InChI is InChI=1S/C15H18BrN3S/c1-3-19-13(17-18-14(19)20)15(8-10(2)9-15)11-5-4-6-12(16)7-11/h4-7,10H,3,8-9H2,1-2H3,(H,18,20). The van der Waals surface area contributed by atoms with Gasteiger partial charge in [0.25, 0.3) is 0 Å². The van der Waals surface area contributed by atoms with E-state index in [1.54, 1.807) is 0 Å². The molecule has 0 aliphatic heterocycles. The molecule has 20 heavy (non-hydrogen) atoms. The van der Waals surface area contributed by atoms with Crippen LogP contribution >= 0.6 is 28.1 Å². The monoisotopic (exact) mass is 351 g/mol. The number of nitrogens with zero attached hydrogens (tertiary/aromatic N) is 2. The second kappa shape index (κ2) is 5.11. The quantitative estimate of drug-likeness (QED) is 0.829. The van der Waals surface area contributed by atoms with Gasteiger partial charge in [0.1, 0.15) is 5.82 Å². The second-order valence-corrected chi connectivity index (χ2v) is 7.00. The first kappa shape index (κ1) is 14.0. The van der Waals surface area contributed by atoms with Gasteiger partial charge in [0.15, 0.2) is 4.77 Å². The van der Waals surface area contributed by atoms with Gasteiger partial charge in [-0.2, -0.15) is 5.10 Å². The summed E-state index contributed by atoms with van der Waals surface area (Å²) in [5.74, 6) is 1.81. The van der Waals surface area contributed by atoms with Crippen LogP contribution in [0, 0.1) is 10.7 Å². The largest absolute Gasteiger partial charge is 0.304 e. The van der Waals surface area contributed by atoms with Crippen LogP contribution in [-0.2, 0) is 12.0 Å². The summed E-state index contributed by atoms with van der Waals surface area (Å²) in [5.41, 5.74) is 1.33. The van der Waals surface area contributed by atoms with Gasteiger partial charge in [-0.05, 0) is 55.6 Å². The van der Waals surface area contributed by atoms with E-state index in [4.69, 9.17) is 12.2 Å². The minimum atomic E-state index is 0.00671. The number of aromatic nitrogens is 3. The predicted molar refractivity (Wildman–Crippen MR) is 86.4 cm³/mol. The van der Waals surface area contributed by atoms with Crippen molar-refractivity contribution in [3.05, 3.63) is 44.9 Å². The van der Waals surface area contributed by atoms with Gasteiger partial charge in [-0.3, -0.25) is 5.10 Å². The molecule has 0 bridgehead atoms. The maximum Gasteiger partial charge on any atom is 0.195 e. The smallest absolute Gasteiger partial charge is 0.195 e. The van der Waals surface area contributed by atoms with Crippen LogP contribution in [0.15, 0.2) is 28.7 Å². The van der Waals surface area contributed by atoms with Crippen LogP contribution in [0.4, 0.5) is 0 Å². The van der Waals surface area contributed by atoms with E-state index >= 15 is 0 Å². The normalized spacial score (nSPS) is 25.4. The van der Waals surface area contributed by atoms with Crippen LogP contribution < -0.4 is 0 Å². The van der Waals surface area contributed by atoms with Gasteiger partial charge in [-0.25, -0.2) is 0 Å². The highest BCUT2D eigenvalue weighted by Crippen LogP contribution is 2.51. The highest BCUT2D eigenvalue weighted by Gasteiger charge is 2.48. The number of aromatic amines is 1. The van der Waals surface area contributed by atoms with Gasteiger partial charge in [-0.1, -0.05) is 35.0 Å². The molecule has 0 atom stereocenters. The first-order valence-corrected chi connectivity index (χ1v) is 8.18. The molecule has 0 saturated heterocycles. The molecule has 0 unspecified atom stereocenters. The summed E-state index contributed by atoms with van der Waals surface area (Å²) < 4.78 is 3.96. The molecule has 1 aliphatic carbocycles. The van der Waals surface area contributed by atoms with E-state index in [0.717, 1.165) is 40.4 Å². The average molecular weight is 352 g/mol. The van der Waals surface area contributed by atoms with Crippen molar-refractivity contribution in [1.29, 1.82) is 0 Å². The molecular formula is C15H18BrN3S. The number of H-pyrrole nitrogens is 1. The second-order valence-electron chi connectivity index (χ2n) is 5.70. The molecule has 0 radical (unpaired) electrons.